The Morgan fingerprint density at radius 3 is 2.55 bits per heavy atom. The molecule has 5 nitrogen and oxygen atoms in total. The quantitative estimate of drug-likeness (QED) is 0.372. The first kappa shape index (κ1) is 27.0. The second-order valence-electron chi connectivity index (χ2n) is 10.7. The number of aliphatic carboxylic acids is 1. The van der Waals surface area contributed by atoms with Crippen LogP contribution in [0.15, 0.2) is 35.5 Å². The van der Waals surface area contributed by atoms with Crippen LogP contribution >= 0.6 is 11.6 Å². The molecule has 2 aromatic rings. The van der Waals surface area contributed by atoms with Crippen LogP contribution in [0.2, 0.25) is 5.02 Å². The first-order valence-electron chi connectivity index (χ1n) is 13.3. The molecule has 0 bridgehead atoms. The molecule has 0 amide bonds. The third-order valence-corrected chi connectivity index (χ3v) is 8.37. The highest BCUT2D eigenvalue weighted by Gasteiger charge is 2.36. The maximum atomic E-state index is 13.9. The van der Waals surface area contributed by atoms with Crippen LogP contribution < -0.4 is 0 Å². The number of likely N-dealkylation sites (tertiary alicyclic amines) is 1. The van der Waals surface area contributed by atoms with Gasteiger partial charge in [-0.2, -0.15) is 13.2 Å². The smallest absolute Gasteiger partial charge is 0.416 e. The SMILES string of the molecule is O=C(O)C1CN(Cc2cc3c(cc2Cl)C(=NOCc2ccc(C4CCCCC4)c(C(F)(F)F)c2)CCC3)C1. The number of carboxylic acid groups (broad SMARTS) is 1. The summed E-state index contributed by atoms with van der Waals surface area (Å²) in [5, 5.41) is 14.0. The largest absolute Gasteiger partial charge is 0.481 e. The number of carbonyl (C=O) groups is 1. The molecule has 5 rings (SSSR count). The van der Waals surface area contributed by atoms with E-state index in [0.717, 1.165) is 67.3 Å². The van der Waals surface area contributed by atoms with Gasteiger partial charge in [0, 0.05) is 30.2 Å². The van der Waals surface area contributed by atoms with E-state index in [4.69, 9.17) is 21.5 Å². The van der Waals surface area contributed by atoms with E-state index in [-0.39, 0.29) is 18.4 Å². The van der Waals surface area contributed by atoms with Crippen molar-refractivity contribution >= 4 is 23.3 Å². The molecule has 2 aliphatic carbocycles. The molecule has 0 radical (unpaired) electrons. The second-order valence-corrected chi connectivity index (χ2v) is 11.2. The lowest BCUT2D eigenvalue weighted by atomic mass is 9.81. The lowest BCUT2D eigenvalue weighted by Crippen LogP contribution is -2.49. The Hall–Kier alpha value is -2.58. The van der Waals surface area contributed by atoms with Gasteiger partial charge in [-0.25, -0.2) is 0 Å². The van der Waals surface area contributed by atoms with Gasteiger partial charge in [0.1, 0.15) is 6.61 Å². The fraction of sp³-hybridized carbons (Fsp3) is 0.517. The number of rotatable bonds is 7. The summed E-state index contributed by atoms with van der Waals surface area (Å²) in [6.07, 6.45) is 2.68. The molecular formula is C29H32ClF3N2O3. The standard InChI is InChI=1S/C29H32ClF3N2O3/c30-26-13-24-20(12-21(26)14-35-15-22(16-35)28(36)37)7-4-8-27(24)34-38-17-18-9-10-23(19-5-2-1-3-6-19)25(11-18)29(31,32)33/h9-13,19,22H,1-8,14-17H2,(H,36,37). The van der Waals surface area contributed by atoms with E-state index >= 15 is 0 Å². The lowest BCUT2D eigenvalue weighted by Gasteiger charge is -2.37. The van der Waals surface area contributed by atoms with E-state index < -0.39 is 17.7 Å². The van der Waals surface area contributed by atoms with Gasteiger partial charge in [-0.15, -0.1) is 0 Å². The molecule has 9 heteroatoms. The molecule has 1 aliphatic heterocycles. The average molecular weight is 549 g/mol. The molecule has 1 N–H and O–H groups in total. The van der Waals surface area contributed by atoms with Crippen molar-refractivity contribution < 1.29 is 27.9 Å². The number of nitrogens with zero attached hydrogens (tertiary/aromatic N) is 2. The van der Waals surface area contributed by atoms with Gasteiger partial charge in [0.2, 0.25) is 0 Å². The molecule has 1 saturated carbocycles. The van der Waals surface area contributed by atoms with E-state index in [1.54, 1.807) is 12.1 Å². The van der Waals surface area contributed by atoms with Gasteiger partial charge < -0.3 is 9.94 Å². The highest BCUT2D eigenvalue weighted by atomic mass is 35.5. The second kappa shape index (κ2) is 11.3. The topological polar surface area (TPSA) is 62.1 Å². The zero-order valence-electron chi connectivity index (χ0n) is 21.2. The van der Waals surface area contributed by atoms with Crippen molar-refractivity contribution in [2.24, 2.45) is 11.1 Å². The van der Waals surface area contributed by atoms with Crippen LogP contribution in [-0.4, -0.2) is 34.8 Å². The Labute approximate surface area is 225 Å². The van der Waals surface area contributed by atoms with E-state index in [1.807, 2.05) is 6.07 Å². The molecule has 1 saturated heterocycles. The molecule has 2 fully saturated rings. The van der Waals surface area contributed by atoms with E-state index in [2.05, 4.69) is 16.1 Å². The predicted octanol–water partition coefficient (Wildman–Crippen LogP) is 7.18. The Kier molecular flexibility index (Phi) is 8.00. The minimum atomic E-state index is -4.41. The zero-order chi connectivity index (χ0) is 26.9. The van der Waals surface area contributed by atoms with Gasteiger partial charge >= 0.3 is 12.1 Å². The molecule has 0 aromatic heterocycles. The van der Waals surface area contributed by atoms with Crippen molar-refractivity contribution in [1.82, 2.24) is 4.90 Å². The minimum Gasteiger partial charge on any atom is -0.481 e. The summed E-state index contributed by atoms with van der Waals surface area (Å²) in [6.45, 7) is 1.58. The fourth-order valence-corrected chi connectivity index (χ4v) is 6.15. The van der Waals surface area contributed by atoms with Gasteiger partial charge in [0.05, 0.1) is 17.2 Å². The first-order chi connectivity index (χ1) is 18.2. The van der Waals surface area contributed by atoms with Crippen molar-refractivity contribution in [3.05, 3.63) is 68.7 Å². The molecule has 0 atom stereocenters. The highest BCUT2D eigenvalue weighted by molar-refractivity contribution is 6.32. The minimum absolute atomic E-state index is 0.0383. The number of oxime groups is 1. The van der Waals surface area contributed by atoms with E-state index in [0.29, 0.717) is 42.2 Å². The Morgan fingerprint density at radius 1 is 1.08 bits per heavy atom. The molecule has 204 valence electrons. The normalized spacial score (nSPS) is 20.3. The van der Waals surface area contributed by atoms with Crippen molar-refractivity contribution in [1.29, 1.82) is 0 Å². The van der Waals surface area contributed by atoms with Gasteiger partial charge in [-0.3, -0.25) is 9.69 Å². The molecule has 0 spiro atoms. The molecule has 3 aliphatic rings. The van der Waals surface area contributed by atoms with Crippen molar-refractivity contribution in [2.45, 2.75) is 76.6 Å². The third kappa shape index (κ3) is 6.01. The summed E-state index contributed by atoms with van der Waals surface area (Å²) in [6, 6.07) is 8.50. The summed E-state index contributed by atoms with van der Waals surface area (Å²) in [7, 11) is 0. The molecule has 0 unspecified atom stereocenters. The third-order valence-electron chi connectivity index (χ3n) is 8.02. The summed E-state index contributed by atoms with van der Waals surface area (Å²) in [4.78, 5) is 18.7. The first-order valence-corrected chi connectivity index (χ1v) is 13.7. The van der Waals surface area contributed by atoms with Gasteiger partial charge in [0.15, 0.2) is 0 Å². The number of aryl methyl sites for hydroxylation is 1. The van der Waals surface area contributed by atoms with Gasteiger partial charge in [0.25, 0.3) is 0 Å². The molecular weight excluding hydrogens is 517 g/mol. The zero-order valence-corrected chi connectivity index (χ0v) is 22.0. The number of benzene rings is 2. The number of hydrogen-bond acceptors (Lipinski definition) is 4. The average Bonchev–Trinajstić information content (AvgIpc) is 2.86. The van der Waals surface area contributed by atoms with E-state index in [9.17, 15) is 18.0 Å². The van der Waals surface area contributed by atoms with Crippen LogP contribution in [0, 0.1) is 5.92 Å². The summed E-state index contributed by atoms with van der Waals surface area (Å²) >= 11 is 6.57. The lowest BCUT2D eigenvalue weighted by molar-refractivity contribution is -0.147. The number of hydrogen-bond donors (Lipinski definition) is 1. The Balaban J connectivity index is 1.27. The number of carboxylic acids is 1. The van der Waals surface area contributed by atoms with Gasteiger partial charge in [-0.1, -0.05) is 54.2 Å². The van der Waals surface area contributed by atoms with Crippen molar-refractivity contribution in [2.75, 3.05) is 13.1 Å². The fourth-order valence-electron chi connectivity index (χ4n) is 5.93. The summed E-state index contributed by atoms with van der Waals surface area (Å²) in [5.41, 5.74) is 3.98. The van der Waals surface area contributed by atoms with Crippen LogP contribution in [0.5, 0.6) is 0 Å². The molecule has 2 aromatic carbocycles. The maximum absolute atomic E-state index is 13.9. The van der Waals surface area contributed by atoms with Crippen LogP contribution in [0.1, 0.15) is 84.2 Å². The Bertz CT molecular complexity index is 1220. The van der Waals surface area contributed by atoms with Gasteiger partial charge in [-0.05, 0) is 72.4 Å². The van der Waals surface area contributed by atoms with Crippen LogP contribution in [0.25, 0.3) is 0 Å². The van der Waals surface area contributed by atoms with Crippen LogP contribution in [0.4, 0.5) is 13.2 Å². The van der Waals surface area contributed by atoms with E-state index in [1.165, 1.54) is 6.07 Å². The van der Waals surface area contributed by atoms with Crippen molar-refractivity contribution in [3.63, 3.8) is 0 Å². The van der Waals surface area contributed by atoms with Crippen LogP contribution in [-0.2, 0) is 35.4 Å². The summed E-state index contributed by atoms with van der Waals surface area (Å²) in [5.74, 6) is -1.13. The molecule has 38 heavy (non-hydrogen) atoms. The Morgan fingerprint density at radius 2 is 1.84 bits per heavy atom. The number of alkyl halides is 3. The monoisotopic (exact) mass is 548 g/mol. The highest BCUT2D eigenvalue weighted by Crippen LogP contribution is 2.41. The van der Waals surface area contributed by atoms with Crippen LogP contribution in [0.3, 0.4) is 0 Å². The van der Waals surface area contributed by atoms with Crippen molar-refractivity contribution in [3.8, 4) is 0 Å². The number of halogens is 4. The summed E-state index contributed by atoms with van der Waals surface area (Å²) < 4.78 is 41.6. The predicted molar refractivity (Wildman–Crippen MR) is 139 cm³/mol. The number of fused-ring (bicyclic) bond motifs is 1. The maximum Gasteiger partial charge on any atom is 0.416 e. The molecule has 1 heterocycles.